The van der Waals surface area contributed by atoms with Gasteiger partial charge in [0.15, 0.2) is 0 Å². The number of rotatable bonds is 5. The number of carbonyl (C=O) groups is 2. The molecule has 0 saturated carbocycles. The van der Waals surface area contributed by atoms with Gasteiger partial charge in [-0.2, -0.15) is 0 Å². The van der Waals surface area contributed by atoms with Crippen LogP contribution in [0.1, 0.15) is 19.8 Å². The Hall–Kier alpha value is -2.56. The molecule has 1 aliphatic rings. The van der Waals surface area contributed by atoms with Crippen LogP contribution in [0.3, 0.4) is 0 Å². The van der Waals surface area contributed by atoms with Crippen LogP contribution < -0.4 is 10.6 Å². The van der Waals surface area contributed by atoms with E-state index >= 15 is 0 Å². The maximum atomic E-state index is 12.2. The molecule has 0 aliphatic carbocycles. The van der Waals surface area contributed by atoms with Gasteiger partial charge in [0, 0.05) is 31.4 Å². The van der Waals surface area contributed by atoms with Crippen LogP contribution in [0.15, 0.2) is 42.5 Å². The fraction of sp³-hybridized carbons (Fsp3) is 0.368. The van der Waals surface area contributed by atoms with Crippen molar-refractivity contribution in [3.63, 3.8) is 0 Å². The molecule has 1 unspecified atom stereocenters. The Kier molecular flexibility index (Phi) is 4.99. The van der Waals surface area contributed by atoms with Crippen LogP contribution in [0, 0.1) is 5.92 Å². The predicted octanol–water partition coefficient (Wildman–Crippen LogP) is 3.22. The summed E-state index contributed by atoms with van der Waals surface area (Å²) in [6, 6.07) is 13.6. The number of urea groups is 1. The molecule has 2 aromatic carbocycles. The van der Waals surface area contributed by atoms with Crippen molar-refractivity contribution < 1.29 is 9.59 Å². The lowest BCUT2D eigenvalue weighted by Gasteiger charge is -2.21. The van der Waals surface area contributed by atoms with Crippen LogP contribution >= 0.6 is 0 Å². The van der Waals surface area contributed by atoms with Crippen LogP contribution in [0.2, 0.25) is 0 Å². The summed E-state index contributed by atoms with van der Waals surface area (Å²) >= 11 is 0. The maximum absolute atomic E-state index is 12.2. The van der Waals surface area contributed by atoms with E-state index in [0.29, 0.717) is 19.5 Å². The zero-order chi connectivity index (χ0) is 16.9. The standard InChI is InChI=1S/C19H23N3O2/c1-14(13-22-11-5-10-18(22)23)12-20-19(24)21-17-9-4-7-15-6-2-3-8-16(15)17/h2-4,6-9,14H,5,10-13H2,1H3,(H2,20,21,24). The molecule has 126 valence electrons. The second-order valence-corrected chi connectivity index (χ2v) is 6.41. The fourth-order valence-corrected chi connectivity index (χ4v) is 3.11. The Morgan fingerprint density at radius 3 is 2.79 bits per heavy atom. The first kappa shape index (κ1) is 16.3. The molecule has 0 radical (unpaired) electrons. The summed E-state index contributed by atoms with van der Waals surface area (Å²) in [6.45, 7) is 4.13. The maximum Gasteiger partial charge on any atom is 0.319 e. The lowest BCUT2D eigenvalue weighted by atomic mass is 10.1. The van der Waals surface area contributed by atoms with E-state index in [4.69, 9.17) is 0 Å². The third-order valence-corrected chi connectivity index (χ3v) is 4.35. The summed E-state index contributed by atoms with van der Waals surface area (Å²) in [6.07, 6.45) is 1.60. The van der Waals surface area contributed by atoms with E-state index in [2.05, 4.69) is 10.6 Å². The van der Waals surface area contributed by atoms with Gasteiger partial charge in [0.05, 0.1) is 5.69 Å². The van der Waals surface area contributed by atoms with Gasteiger partial charge in [-0.15, -0.1) is 0 Å². The third kappa shape index (κ3) is 3.85. The number of anilines is 1. The smallest absolute Gasteiger partial charge is 0.319 e. The van der Waals surface area contributed by atoms with Crippen molar-refractivity contribution in [1.29, 1.82) is 0 Å². The molecule has 1 fully saturated rings. The van der Waals surface area contributed by atoms with Crippen molar-refractivity contribution in [2.45, 2.75) is 19.8 Å². The molecular weight excluding hydrogens is 302 g/mol. The first-order valence-electron chi connectivity index (χ1n) is 8.44. The van der Waals surface area contributed by atoms with Crippen molar-refractivity contribution in [2.75, 3.05) is 25.0 Å². The van der Waals surface area contributed by atoms with Crippen LogP contribution in [-0.4, -0.2) is 36.5 Å². The molecule has 1 aliphatic heterocycles. The summed E-state index contributed by atoms with van der Waals surface area (Å²) in [5.74, 6) is 0.451. The molecule has 1 saturated heterocycles. The molecule has 0 bridgehead atoms. The van der Waals surface area contributed by atoms with E-state index in [1.807, 2.05) is 54.3 Å². The zero-order valence-electron chi connectivity index (χ0n) is 13.9. The van der Waals surface area contributed by atoms with Gasteiger partial charge < -0.3 is 15.5 Å². The largest absolute Gasteiger partial charge is 0.342 e. The summed E-state index contributed by atoms with van der Waals surface area (Å²) < 4.78 is 0. The average Bonchev–Trinajstić information content (AvgIpc) is 2.98. The number of carbonyl (C=O) groups excluding carboxylic acids is 2. The van der Waals surface area contributed by atoms with Crippen LogP contribution in [0.4, 0.5) is 10.5 Å². The number of nitrogens with zero attached hydrogens (tertiary/aromatic N) is 1. The topological polar surface area (TPSA) is 61.4 Å². The molecule has 0 spiro atoms. The van der Waals surface area contributed by atoms with Crippen LogP contribution in [0.25, 0.3) is 10.8 Å². The highest BCUT2D eigenvalue weighted by molar-refractivity contribution is 6.01. The Bertz CT molecular complexity index is 739. The molecule has 1 heterocycles. The Balaban J connectivity index is 1.52. The second-order valence-electron chi connectivity index (χ2n) is 6.41. The van der Waals surface area contributed by atoms with Gasteiger partial charge >= 0.3 is 6.03 Å². The van der Waals surface area contributed by atoms with Gasteiger partial charge in [0.1, 0.15) is 0 Å². The van der Waals surface area contributed by atoms with E-state index in [9.17, 15) is 9.59 Å². The molecule has 5 heteroatoms. The number of fused-ring (bicyclic) bond motifs is 1. The minimum atomic E-state index is -0.217. The third-order valence-electron chi connectivity index (χ3n) is 4.35. The van der Waals surface area contributed by atoms with Gasteiger partial charge in [0.25, 0.3) is 0 Å². The molecule has 3 rings (SSSR count). The predicted molar refractivity (Wildman–Crippen MR) is 95.9 cm³/mol. The molecule has 0 aromatic heterocycles. The molecular formula is C19H23N3O2. The number of nitrogens with one attached hydrogen (secondary N) is 2. The SMILES string of the molecule is CC(CNC(=O)Nc1cccc2ccccc12)CN1CCCC1=O. The summed E-state index contributed by atoms with van der Waals surface area (Å²) in [4.78, 5) is 25.7. The Morgan fingerprint density at radius 1 is 1.21 bits per heavy atom. The number of hydrogen-bond donors (Lipinski definition) is 2. The monoisotopic (exact) mass is 325 g/mol. The van der Waals surface area contributed by atoms with Crippen molar-refractivity contribution in [1.82, 2.24) is 10.2 Å². The number of amides is 3. The van der Waals surface area contributed by atoms with Crippen molar-refractivity contribution in [3.8, 4) is 0 Å². The van der Waals surface area contributed by atoms with Crippen LogP contribution in [0.5, 0.6) is 0 Å². The minimum Gasteiger partial charge on any atom is -0.342 e. The Labute approximate surface area is 142 Å². The van der Waals surface area contributed by atoms with E-state index < -0.39 is 0 Å². The van der Waals surface area contributed by atoms with E-state index in [0.717, 1.165) is 29.4 Å². The van der Waals surface area contributed by atoms with Crippen molar-refractivity contribution in [2.24, 2.45) is 5.92 Å². The Morgan fingerprint density at radius 2 is 2.00 bits per heavy atom. The number of likely N-dealkylation sites (tertiary alicyclic amines) is 1. The van der Waals surface area contributed by atoms with Gasteiger partial charge in [-0.3, -0.25) is 4.79 Å². The normalized spacial score (nSPS) is 15.5. The quantitative estimate of drug-likeness (QED) is 0.886. The molecule has 1 atom stereocenters. The van der Waals surface area contributed by atoms with Crippen molar-refractivity contribution >= 4 is 28.4 Å². The van der Waals surface area contributed by atoms with Gasteiger partial charge in [-0.1, -0.05) is 43.3 Å². The molecule has 2 N–H and O–H groups in total. The fourth-order valence-electron chi connectivity index (χ4n) is 3.11. The second kappa shape index (κ2) is 7.34. The molecule has 5 nitrogen and oxygen atoms in total. The zero-order valence-corrected chi connectivity index (χ0v) is 13.9. The lowest BCUT2D eigenvalue weighted by Crippen LogP contribution is -2.37. The summed E-state index contributed by atoms with van der Waals surface area (Å²) in [5.41, 5.74) is 0.799. The lowest BCUT2D eigenvalue weighted by molar-refractivity contribution is -0.128. The molecule has 24 heavy (non-hydrogen) atoms. The minimum absolute atomic E-state index is 0.217. The van der Waals surface area contributed by atoms with E-state index in [-0.39, 0.29) is 17.9 Å². The highest BCUT2D eigenvalue weighted by Gasteiger charge is 2.21. The average molecular weight is 325 g/mol. The van der Waals surface area contributed by atoms with Crippen LogP contribution in [-0.2, 0) is 4.79 Å². The number of hydrogen-bond acceptors (Lipinski definition) is 2. The van der Waals surface area contributed by atoms with E-state index in [1.54, 1.807) is 0 Å². The van der Waals surface area contributed by atoms with Gasteiger partial charge in [0.2, 0.25) is 5.91 Å². The summed E-state index contributed by atoms with van der Waals surface area (Å²) in [7, 11) is 0. The van der Waals surface area contributed by atoms with Gasteiger partial charge in [-0.05, 0) is 23.8 Å². The molecule has 3 amide bonds. The highest BCUT2D eigenvalue weighted by atomic mass is 16.2. The first-order valence-corrected chi connectivity index (χ1v) is 8.44. The van der Waals surface area contributed by atoms with E-state index in [1.165, 1.54) is 0 Å². The van der Waals surface area contributed by atoms with Gasteiger partial charge in [-0.25, -0.2) is 4.79 Å². The number of benzene rings is 2. The molecule has 2 aromatic rings. The summed E-state index contributed by atoms with van der Waals surface area (Å²) in [5, 5.41) is 7.92. The highest BCUT2D eigenvalue weighted by Crippen LogP contribution is 2.22. The van der Waals surface area contributed by atoms with Crippen molar-refractivity contribution in [3.05, 3.63) is 42.5 Å². The first-order chi connectivity index (χ1) is 11.6.